The van der Waals surface area contributed by atoms with E-state index in [1.54, 1.807) is 11.3 Å². The molecule has 0 spiro atoms. The first kappa shape index (κ1) is 13.2. The number of rotatable bonds is 4. The van der Waals surface area contributed by atoms with Gasteiger partial charge in [0.1, 0.15) is 0 Å². The van der Waals surface area contributed by atoms with Crippen molar-refractivity contribution in [2.45, 2.75) is 6.54 Å². The zero-order valence-electron chi connectivity index (χ0n) is 10.8. The normalized spacial score (nSPS) is 10.4. The molecule has 0 atom stereocenters. The van der Waals surface area contributed by atoms with Gasteiger partial charge in [-0.15, -0.1) is 11.3 Å². The maximum atomic E-state index is 5.96. The van der Waals surface area contributed by atoms with Crippen LogP contribution in [0, 0.1) is 0 Å². The van der Waals surface area contributed by atoms with Crippen LogP contribution in [0.15, 0.2) is 66.7 Å². The number of hydrogen-bond acceptors (Lipinski definition) is 2. The molecule has 0 fully saturated rings. The average Bonchev–Trinajstić information content (AvgIpc) is 2.92. The fraction of sp³-hybridized carbons (Fsp3) is 0.0588. The lowest BCUT2D eigenvalue weighted by Crippen LogP contribution is -1.99. The van der Waals surface area contributed by atoms with Crippen LogP contribution >= 0.6 is 22.9 Å². The van der Waals surface area contributed by atoms with Gasteiger partial charge in [0.25, 0.3) is 0 Å². The number of anilines is 1. The van der Waals surface area contributed by atoms with E-state index in [-0.39, 0.29) is 0 Å². The van der Waals surface area contributed by atoms with Crippen molar-refractivity contribution in [2.75, 3.05) is 5.32 Å². The molecule has 1 nitrogen and oxygen atoms in total. The minimum atomic E-state index is 0.793. The Morgan fingerprint density at radius 2 is 1.60 bits per heavy atom. The largest absolute Gasteiger partial charge is 0.380 e. The third-order valence-corrected chi connectivity index (χ3v) is 4.32. The minimum Gasteiger partial charge on any atom is -0.380 e. The molecule has 2 aromatic carbocycles. The molecule has 1 N–H and O–H groups in total. The highest BCUT2D eigenvalue weighted by Crippen LogP contribution is 2.29. The number of hydrogen-bond donors (Lipinski definition) is 1. The Labute approximate surface area is 127 Å². The zero-order chi connectivity index (χ0) is 13.8. The van der Waals surface area contributed by atoms with Crippen LogP contribution in [0.5, 0.6) is 0 Å². The minimum absolute atomic E-state index is 0.793. The van der Waals surface area contributed by atoms with Crippen molar-refractivity contribution in [1.29, 1.82) is 0 Å². The monoisotopic (exact) mass is 299 g/mol. The third kappa shape index (κ3) is 3.03. The van der Waals surface area contributed by atoms with Crippen LogP contribution in [0.2, 0.25) is 4.34 Å². The molecule has 0 aliphatic heterocycles. The summed E-state index contributed by atoms with van der Waals surface area (Å²) in [7, 11) is 0. The molecule has 3 aromatic rings. The molecule has 0 unspecified atom stereocenters. The van der Waals surface area contributed by atoms with E-state index in [1.807, 2.05) is 12.1 Å². The zero-order valence-corrected chi connectivity index (χ0v) is 12.4. The molecule has 3 rings (SSSR count). The highest BCUT2D eigenvalue weighted by Gasteiger charge is 2.04. The molecule has 1 heterocycles. The van der Waals surface area contributed by atoms with Crippen molar-refractivity contribution in [3.63, 3.8) is 0 Å². The van der Waals surface area contributed by atoms with Crippen LogP contribution in [0.3, 0.4) is 0 Å². The molecule has 0 aliphatic rings. The molecule has 3 heteroatoms. The molecule has 0 aliphatic carbocycles. The van der Waals surface area contributed by atoms with Gasteiger partial charge in [0.05, 0.1) is 4.34 Å². The van der Waals surface area contributed by atoms with E-state index in [1.165, 1.54) is 16.0 Å². The topological polar surface area (TPSA) is 12.0 Å². The summed E-state index contributed by atoms with van der Waals surface area (Å²) in [5.41, 5.74) is 3.58. The van der Waals surface area contributed by atoms with Gasteiger partial charge in [-0.2, -0.15) is 0 Å². The maximum Gasteiger partial charge on any atom is 0.0931 e. The molecule has 100 valence electrons. The SMILES string of the molecule is Clc1ccc(CNc2ccccc2-c2ccccc2)s1. The van der Waals surface area contributed by atoms with Crippen molar-refractivity contribution < 1.29 is 0 Å². The lowest BCUT2D eigenvalue weighted by molar-refractivity contribution is 1.19. The van der Waals surface area contributed by atoms with Crippen molar-refractivity contribution in [3.8, 4) is 11.1 Å². The average molecular weight is 300 g/mol. The molecule has 0 saturated carbocycles. The molecule has 1 aromatic heterocycles. The molecular weight excluding hydrogens is 286 g/mol. The van der Waals surface area contributed by atoms with E-state index in [2.05, 4.69) is 59.9 Å². The van der Waals surface area contributed by atoms with Gasteiger partial charge in [-0.05, 0) is 23.8 Å². The quantitative estimate of drug-likeness (QED) is 0.653. The predicted octanol–water partition coefficient (Wildman–Crippen LogP) is 5.68. The van der Waals surface area contributed by atoms with Crippen LogP contribution in [-0.4, -0.2) is 0 Å². The van der Waals surface area contributed by atoms with Crippen LogP contribution in [0.25, 0.3) is 11.1 Å². The Kier molecular flexibility index (Phi) is 4.05. The number of thiophene rings is 1. The van der Waals surface area contributed by atoms with E-state index < -0.39 is 0 Å². The molecule has 0 radical (unpaired) electrons. The van der Waals surface area contributed by atoms with E-state index in [0.717, 1.165) is 16.6 Å². The second-order valence-electron chi connectivity index (χ2n) is 4.47. The van der Waals surface area contributed by atoms with E-state index in [0.29, 0.717) is 0 Å². The Morgan fingerprint density at radius 1 is 0.850 bits per heavy atom. The van der Waals surface area contributed by atoms with Gasteiger partial charge in [0.2, 0.25) is 0 Å². The maximum absolute atomic E-state index is 5.96. The van der Waals surface area contributed by atoms with Crippen LogP contribution < -0.4 is 5.32 Å². The second kappa shape index (κ2) is 6.12. The third-order valence-electron chi connectivity index (χ3n) is 3.09. The lowest BCUT2D eigenvalue weighted by Gasteiger charge is -2.11. The molecule has 0 saturated heterocycles. The fourth-order valence-corrected chi connectivity index (χ4v) is 3.16. The lowest BCUT2D eigenvalue weighted by atomic mass is 10.0. The summed E-state index contributed by atoms with van der Waals surface area (Å²) in [6.45, 7) is 0.793. The van der Waals surface area contributed by atoms with Gasteiger partial charge < -0.3 is 5.32 Å². The van der Waals surface area contributed by atoms with Crippen molar-refractivity contribution in [2.24, 2.45) is 0 Å². The van der Waals surface area contributed by atoms with Gasteiger partial charge in [-0.3, -0.25) is 0 Å². The number of nitrogens with one attached hydrogen (secondary N) is 1. The summed E-state index contributed by atoms with van der Waals surface area (Å²) in [4.78, 5) is 1.23. The van der Waals surface area contributed by atoms with Crippen molar-refractivity contribution >= 4 is 28.6 Å². The van der Waals surface area contributed by atoms with Gasteiger partial charge in [-0.1, -0.05) is 60.1 Å². The summed E-state index contributed by atoms with van der Waals surface area (Å²) < 4.78 is 0.832. The summed E-state index contributed by atoms with van der Waals surface area (Å²) >= 11 is 7.57. The number of benzene rings is 2. The predicted molar refractivity (Wildman–Crippen MR) is 88.5 cm³/mol. The van der Waals surface area contributed by atoms with E-state index in [9.17, 15) is 0 Å². The summed E-state index contributed by atoms with van der Waals surface area (Å²) in [6, 6.07) is 22.8. The smallest absolute Gasteiger partial charge is 0.0931 e. The summed E-state index contributed by atoms with van der Waals surface area (Å²) in [6.07, 6.45) is 0. The van der Waals surface area contributed by atoms with Crippen LogP contribution in [-0.2, 0) is 6.54 Å². The van der Waals surface area contributed by atoms with Gasteiger partial charge in [-0.25, -0.2) is 0 Å². The fourth-order valence-electron chi connectivity index (χ4n) is 2.14. The van der Waals surface area contributed by atoms with Gasteiger partial charge in [0, 0.05) is 22.7 Å². The first-order valence-corrected chi connectivity index (χ1v) is 7.65. The standard InChI is InChI=1S/C17H14ClNS/c18-17-11-10-14(20-17)12-19-16-9-5-4-8-15(16)13-6-2-1-3-7-13/h1-11,19H,12H2. The van der Waals surface area contributed by atoms with Gasteiger partial charge in [0.15, 0.2) is 0 Å². The molecule has 0 amide bonds. The first-order valence-electron chi connectivity index (χ1n) is 6.45. The Morgan fingerprint density at radius 3 is 2.35 bits per heavy atom. The number of halogens is 1. The molecular formula is C17H14ClNS. The van der Waals surface area contributed by atoms with Crippen LogP contribution in [0.1, 0.15) is 4.88 Å². The van der Waals surface area contributed by atoms with Crippen molar-refractivity contribution in [1.82, 2.24) is 0 Å². The number of para-hydroxylation sites is 1. The second-order valence-corrected chi connectivity index (χ2v) is 6.27. The highest BCUT2D eigenvalue weighted by molar-refractivity contribution is 7.16. The summed E-state index contributed by atoms with van der Waals surface area (Å²) in [5.74, 6) is 0. The Hall–Kier alpha value is -1.77. The van der Waals surface area contributed by atoms with Crippen molar-refractivity contribution in [3.05, 3.63) is 75.9 Å². The molecule has 0 bridgehead atoms. The highest BCUT2D eigenvalue weighted by atomic mass is 35.5. The summed E-state index contributed by atoms with van der Waals surface area (Å²) in [5, 5.41) is 3.49. The van der Waals surface area contributed by atoms with E-state index >= 15 is 0 Å². The molecule has 20 heavy (non-hydrogen) atoms. The van der Waals surface area contributed by atoms with E-state index in [4.69, 9.17) is 11.6 Å². The Balaban J connectivity index is 1.83. The first-order chi connectivity index (χ1) is 9.83. The van der Waals surface area contributed by atoms with Crippen LogP contribution in [0.4, 0.5) is 5.69 Å². The Bertz CT molecular complexity index is 691. The van der Waals surface area contributed by atoms with Gasteiger partial charge >= 0.3 is 0 Å².